The first-order valence-electron chi connectivity index (χ1n) is 14.7. The zero-order chi connectivity index (χ0) is 28.5. The van der Waals surface area contributed by atoms with Gasteiger partial charge in [-0.3, -0.25) is 0 Å². The molecule has 0 heterocycles. The van der Waals surface area contributed by atoms with E-state index in [4.69, 9.17) is 0 Å². The van der Waals surface area contributed by atoms with Gasteiger partial charge < -0.3 is 0 Å². The van der Waals surface area contributed by atoms with Crippen LogP contribution in [-0.2, 0) is 17.4 Å². The third-order valence-electron chi connectivity index (χ3n) is 9.61. The second-order valence-corrected chi connectivity index (χ2v) is 44.8. The summed E-state index contributed by atoms with van der Waals surface area (Å²) in [6.45, 7) is 14.5. The van der Waals surface area contributed by atoms with Gasteiger partial charge in [-0.2, -0.15) is 0 Å². The number of hydrogen-bond donors (Lipinski definition) is 0. The van der Waals surface area contributed by atoms with E-state index in [9.17, 15) is 0 Å². The second-order valence-electron chi connectivity index (χ2n) is 14.3. The van der Waals surface area contributed by atoms with E-state index in [1.807, 2.05) is 0 Å². The summed E-state index contributed by atoms with van der Waals surface area (Å²) >= 11 is -3.68. The van der Waals surface area contributed by atoms with Gasteiger partial charge in [-0.15, -0.1) is 24.8 Å². The van der Waals surface area contributed by atoms with Crippen molar-refractivity contribution in [2.45, 2.75) is 51.1 Å². The molecular weight excluding hydrogens is 647 g/mol. The topological polar surface area (TPSA) is 0 Å². The minimum Gasteiger partial charge on any atom is -0.147 e. The van der Waals surface area contributed by atoms with Gasteiger partial charge in [0.05, 0.1) is 0 Å². The molecule has 0 saturated heterocycles. The molecule has 4 heteroatoms. The Bertz CT molecular complexity index is 1770. The van der Waals surface area contributed by atoms with Gasteiger partial charge >= 0.3 is 245 Å². The summed E-state index contributed by atoms with van der Waals surface area (Å²) < 4.78 is 6.54. The maximum Gasteiger partial charge on any atom is -0.147 e. The Morgan fingerprint density at radius 1 is 0.619 bits per heavy atom. The number of fused-ring (bicyclic) bond motifs is 2. The van der Waals surface area contributed by atoms with Crippen LogP contribution in [0.15, 0.2) is 102 Å². The third kappa shape index (κ3) is 5.32. The van der Waals surface area contributed by atoms with Crippen molar-refractivity contribution in [1.82, 2.24) is 0 Å². The Kier molecular flexibility index (Phi) is 9.03. The van der Waals surface area contributed by atoms with Crippen LogP contribution in [0.25, 0.3) is 34.4 Å². The van der Waals surface area contributed by atoms with Crippen molar-refractivity contribution in [1.29, 1.82) is 0 Å². The number of rotatable bonds is 4. The average Bonchev–Trinajstić information content (AvgIpc) is 3.50. The molecule has 2 unspecified atom stereocenters. The molecule has 0 amide bonds. The van der Waals surface area contributed by atoms with Crippen molar-refractivity contribution in [3.8, 4) is 22.3 Å². The SMILES string of the molecule is CC1=Cc2c(-c3ccccc3)ccc(C)c2[CH]1[Zr]([CH3])([CH3])(=[SiH2])[CH]1C(C(C)(C)C)=Cc2c(-c3ccccc3)cccc21.Cl.Cl. The van der Waals surface area contributed by atoms with E-state index < -0.39 is 17.4 Å². The van der Waals surface area contributed by atoms with Gasteiger partial charge in [0.2, 0.25) is 0 Å². The van der Waals surface area contributed by atoms with Crippen LogP contribution in [0.1, 0.15) is 62.8 Å². The van der Waals surface area contributed by atoms with Crippen molar-refractivity contribution in [3.63, 3.8) is 0 Å². The van der Waals surface area contributed by atoms with Gasteiger partial charge in [-0.1, -0.05) is 0 Å². The molecule has 0 N–H and O–H groups in total. The molecule has 4 aromatic carbocycles. The fourth-order valence-electron chi connectivity index (χ4n) is 8.02. The Morgan fingerprint density at radius 2 is 1.17 bits per heavy atom. The summed E-state index contributed by atoms with van der Waals surface area (Å²) in [6, 6.07) is 33.8. The average molecular weight is 691 g/mol. The molecule has 6 rings (SSSR count). The Labute approximate surface area is 268 Å². The fourth-order valence-corrected chi connectivity index (χ4v) is 28.6. The van der Waals surface area contributed by atoms with Crippen LogP contribution in [-0.4, -0.2) is 6.88 Å². The molecule has 0 nitrogen and oxygen atoms in total. The largest absolute Gasteiger partial charge is 0.147 e. The molecule has 42 heavy (non-hydrogen) atoms. The number of benzene rings is 4. The van der Waals surface area contributed by atoms with Crippen molar-refractivity contribution in [3.05, 3.63) is 130 Å². The molecule has 0 aliphatic heterocycles. The monoisotopic (exact) mass is 688 g/mol. The van der Waals surface area contributed by atoms with Gasteiger partial charge in [0.15, 0.2) is 0 Å². The smallest absolute Gasteiger partial charge is 0.147 e. The normalized spacial score (nSPS) is 17.8. The fraction of sp³-hybridized carbons (Fsp3) is 0.263. The van der Waals surface area contributed by atoms with Crippen LogP contribution < -0.4 is 0 Å². The van der Waals surface area contributed by atoms with Crippen molar-refractivity contribution < 1.29 is 17.4 Å². The van der Waals surface area contributed by atoms with Gasteiger partial charge in [0.25, 0.3) is 0 Å². The molecule has 0 saturated carbocycles. The molecule has 0 spiro atoms. The van der Waals surface area contributed by atoms with Gasteiger partial charge in [0.1, 0.15) is 0 Å². The van der Waals surface area contributed by atoms with E-state index in [0.29, 0.717) is 7.25 Å². The summed E-state index contributed by atoms with van der Waals surface area (Å²) in [6.07, 6.45) is 5.14. The number of halogens is 2. The second kappa shape index (κ2) is 11.5. The molecule has 2 aliphatic rings. The molecule has 2 atom stereocenters. The summed E-state index contributed by atoms with van der Waals surface area (Å²) in [7, 11) is 0. The van der Waals surface area contributed by atoms with E-state index in [1.54, 1.807) is 22.3 Å². The third-order valence-corrected chi connectivity index (χ3v) is 27.1. The predicted molar refractivity (Wildman–Crippen MR) is 190 cm³/mol. The Morgan fingerprint density at radius 3 is 1.71 bits per heavy atom. The Hall–Kier alpha value is -1.96. The van der Waals surface area contributed by atoms with Crippen molar-refractivity contribution in [2.24, 2.45) is 5.41 Å². The number of aryl methyl sites for hydroxylation is 1. The first kappa shape index (κ1) is 32.9. The first-order valence-corrected chi connectivity index (χ1v) is 28.4. The summed E-state index contributed by atoms with van der Waals surface area (Å²) in [5.74, 6) is 0. The maximum atomic E-state index is 2.76. The number of allylic oxidation sites excluding steroid dienone is 2. The van der Waals surface area contributed by atoms with Crippen LogP contribution in [0.2, 0.25) is 9.26 Å². The predicted octanol–water partition coefficient (Wildman–Crippen LogP) is 11.1. The standard InChI is InChI=1S/C19H19.C17H15.2CH3.2ClH.H2Si.Zr/c1-19(2,3)16-12-15-10-7-11-17(18(15)13-16)14-8-5-4-6-9-14;1-12-10-16-13(2)8-9-15(17(16)11-12)14-6-4-3-5-7-14;;;;;;/h4-13H,1-3H3;3-11H,1-2H3;2*1H3;2*1H;1H2;. The van der Waals surface area contributed by atoms with Gasteiger partial charge in [-0.25, -0.2) is 0 Å². The van der Waals surface area contributed by atoms with E-state index in [2.05, 4.69) is 154 Å². The van der Waals surface area contributed by atoms with E-state index in [0.717, 1.165) is 0 Å². The van der Waals surface area contributed by atoms with Crippen molar-refractivity contribution >= 4 is 43.8 Å². The summed E-state index contributed by atoms with van der Waals surface area (Å²) in [5, 5.41) is 0. The molecule has 0 radical (unpaired) electrons. The van der Waals surface area contributed by atoms with Gasteiger partial charge in [-0.05, 0) is 0 Å². The number of hydrogen-bond acceptors (Lipinski definition) is 0. The molecule has 0 bridgehead atoms. The summed E-state index contributed by atoms with van der Waals surface area (Å²) in [4.78, 5) is 0. The molecular formula is C38H44Cl2SiZr. The minimum atomic E-state index is -3.68. The van der Waals surface area contributed by atoms with Crippen LogP contribution in [0.3, 0.4) is 0 Å². The van der Waals surface area contributed by atoms with Crippen LogP contribution in [0, 0.1) is 12.3 Å². The van der Waals surface area contributed by atoms with E-state index >= 15 is 0 Å². The van der Waals surface area contributed by atoms with Gasteiger partial charge in [0, 0.05) is 0 Å². The molecule has 0 aromatic heterocycles. The Balaban J connectivity index is 0.00000202. The van der Waals surface area contributed by atoms with Crippen molar-refractivity contribution in [2.75, 3.05) is 0 Å². The minimum absolute atomic E-state index is 0. The van der Waals surface area contributed by atoms with Crippen LogP contribution in [0.4, 0.5) is 0 Å². The molecule has 2 aliphatic carbocycles. The van der Waals surface area contributed by atoms with E-state index in [-0.39, 0.29) is 30.2 Å². The quantitative estimate of drug-likeness (QED) is 0.187. The first-order chi connectivity index (χ1) is 18.9. The summed E-state index contributed by atoms with van der Waals surface area (Å²) in [5.41, 5.74) is 16.2. The maximum absolute atomic E-state index is 3.68. The van der Waals surface area contributed by atoms with E-state index in [1.165, 1.54) is 38.9 Å². The zero-order valence-electron chi connectivity index (χ0n) is 26.0. The zero-order valence-corrected chi connectivity index (χ0v) is 31.5. The molecule has 218 valence electrons. The van der Waals surface area contributed by atoms with Crippen LogP contribution in [0.5, 0.6) is 0 Å². The van der Waals surface area contributed by atoms with Crippen LogP contribution >= 0.6 is 24.8 Å². The molecule has 0 fully saturated rings. The molecule has 4 aromatic rings.